The Kier molecular flexibility index (Phi) is 4.34. The molecule has 1 aromatic rings. The first-order valence-electron chi connectivity index (χ1n) is 6.46. The quantitative estimate of drug-likeness (QED) is 0.781. The van der Waals surface area contributed by atoms with Crippen LogP contribution in [0.3, 0.4) is 0 Å². The minimum atomic E-state index is -0.339. The Morgan fingerprint density at radius 3 is 2.95 bits per heavy atom. The number of hydrogen-bond donors (Lipinski definition) is 2. The van der Waals surface area contributed by atoms with E-state index >= 15 is 0 Å². The molecule has 0 fully saturated rings. The highest BCUT2D eigenvalue weighted by molar-refractivity contribution is 6.02. The van der Waals surface area contributed by atoms with Crippen molar-refractivity contribution in [3.05, 3.63) is 29.3 Å². The lowest BCUT2D eigenvalue weighted by Crippen LogP contribution is -2.26. The molecular formula is C14H16N2O4. The van der Waals surface area contributed by atoms with E-state index in [0.29, 0.717) is 24.3 Å². The van der Waals surface area contributed by atoms with E-state index in [-0.39, 0.29) is 30.7 Å². The Morgan fingerprint density at radius 1 is 1.40 bits per heavy atom. The zero-order chi connectivity index (χ0) is 14.5. The Labute approximate surface area is 116 Å². The molecule has 0 saturated carbocycles. The lowest BCUT2D eigenvalue weighted by molar-refractivity contribution is -0.142. The summed E-state index contributed by atoms with van der Waals surface area (Å²) < 4.78 is 4.76. The van der Waals surface area contributed by atoms with Gasteiger partial charge in [-0.25, -0.2) is 0 Å². The zero-order valence-corrected chi connectivity index (χ0v) is 11.2. The number of esters is 1. The summed E-state index contributed by atoms with van der Waals surface area (Å²) in [6.07, 6.45) is 0.487. The fourth-order valence-corrected chi connectivity index (χ4v) is 1.97. The first-order chi connectivity index (χ1) is 9.60. The van der Waals surface area contributed by atoms with Crippen molar-refractivity contribution in [2.24, 2.45) is 0 Å². The molecule has 1 aliphatic rings. The molecule has 2 N–H and O–H groups in total. The summed E-state index contributed by atoms with van der Waals surface area (Å²) in [5, 5.41) is 5.33. The number of hydrogen-bond acceptors (Lipinski definition) is 4. The monoisotopic (exact) mass is 276 g/mol. The number of rotatable bonds is 5. The molecule has 0 aromatic heterocycles. The first kappa shape index (κ1) is 14.0. The van der Waals surface area contributed by atoms with Gasteiger partial charge in [0.2, 0.25) is 5.91 Å². The minimum absolute atomic E-state index is 0.0696. The van der Waals surface area contributed by atoms with Crippen LogP contribution in [0.15, 0.2) is 18.2 Å². The van der Waals surface area contributed by atoms with Crippen molar-refractivity contribution in [3.63, 3.8) is 0 Å². The second kappa shape index (κ2) is 6.18. The van der Waals surface area contributed by atoms with Gasteiger partial charge >= 0.3 is 5.97 Å². The van der Waals surface area contributed by atoms with Crippen molar-refractivity contribution in [2.75, 3.05) is 18.5 Å². The molecule has 0 spiro atoms. The van der Waals surface area contributed by atoms with E-state index < -0.39 is 0 Å². The second-order valence-corrected chi connectivity index (χ2v) is 4.41. The molecule has 0 atom stereocenters. The van der Waals surface area contributed by atoms with Gasteiger partial charge in [0.05, 0.1) is 19.4 Å². The van der Waals surface area contributed by atoms with E-state index in [2.05, 4.69) is 10.6 Å². The molecular weight excluding hydrogens is 260 g/mol. The maximum Gasteiger partial charge on any atom is 0.307 e. The molecule has 0 radical (unpaired) electrons. The molecule has 2 amide bonds. The third-order valence-corrected chi connectivity index (χ3v) is 2.92. The molecule has 0 unspecified atom stereocenters. The van der Waals surface area contributed by atoms with Crippen molar-refractivity contribution in [2.45, 2.75) is 19.8 Å². The Balaban J connectivity index is 1.89. The molecule has 0 saturated heterocycles. The van der Waals surface area contributed by atoms with Crippen molar-refractivity contribution >= 4 is 23.5 Å². The molecule has 1 heterocycles. The number of benzene rings is 1. The predicted octanol–water partition coefficient (Wildman–Crippen LogP) is 0.864. The number of fused-ring (bicyclic) bond motifs is 1. The van der Waals surface area contributed by atoms with Gasteiger partial charge in [-0.05, 0) is 24.6 Å². The average molecular weight is 276 g/mol. The molecule has 1 aromatic carbocycles. The van der Waals surface area contributed by atoms with Gasteiger partial charge in [0.15, 0.2) is 0 Å². The van der Waals surface area contributed by atoms with E-state index in [0.717, 1.165) is 5.56 Å². The van der Waals surface area contributed by atoms with Crippen molar-refractivity contribution < 1.29 is 19.1 Å². The number of anilines is 1. The molecule has 1 aliphatic heterocycles. The third-order valence-electron chi connectivity index (χ3n) is 2.92. The summed E-state index contributed by atoms with van der Waals surface area (Å²) in [7, 11) is 0. The van der Waals surface area contributed by atoms with Gasteiger partial charge in [-0.3, -0.25) is 14.4 Å². The molecule has 0 bridgehead atoms. The van der Waals surface area contributed by atoms with Gasteiger partial charge in [-0.15, -0.1) is 0 Å². The van der Waals surface area contributed by atoms with Gasteiger partial charge in [0, 0.05) is 17.8 Å². The molecule has 20 heavy (non-hydrogen) atoms. The van der Waals surface area contributed by atoms with Crippen molar-refractivity contribution in [3.8, 4) is 0 Å². The standard InChI is InChI=1S/C14H16N2O4/c1-2-20-13(18)5-6-15-14(19)10-4-3-9-8-12(17)16-11(9)7-10/h3-4,7H,2,5-6,8H2,1H3,(H,15,19)(H,16,17). The second-order valence-electron chi connectivity index (χ2n) is 4.41. The van der Waals surface area contributed by atoms with Gasteiger partial charge < -0.3 is 15.4 Å². The van der Waals surface area contributed by atoms with Crippen LogP contribution in [0.25, 0.3) is 0 Å². The molecule has 2 rings (SSSR count). The van der Waals surface area contributed by atoms with Crippen LogP contribution in [0.1, 0.15) is 29.3 Å². The summed E-state index contributed by atoms with van der Waals surface area (Å²) in [4.78, 5) is 34.2. The number of carbonyl (C=O) groups is 3. The SMILES string of the molecule is CCOC(=O)CCNC(=O)c1ccc2c(c1)NC(=O)C2. The van der Waals surface area contributed by atoms with Gasteiger partial charge in [0.25, 0.3) is 5.91 Å². The first-order valence-corrected chi connectivity index (χ1v) is 6.46. The van der Waals surface area contributed by atoms with Crippen LogP contribution in [0.4, 0.5) is 5.69 Å². The highest BCUT2D eigenvalue weighted by Gasteiger charge is 2.19. The van der Waals surface area contributed by atoms with Crippen LogP contribution >= 0.6 is 0 Å². The zero-order valence-electron chi connectivity index (χ0n) is 11.2. The topological polar surface area (TPSA) is 84.5 Å². The Morgan fingerprint density at radius 2 is 2.20 bits per heavy atom. The Hall–Kier alpha value is -2.37. The van der Waals surface area contributed by atoms with Crippen LogP contribution in [0, 0.1) is 0 Å². The van der Waals surface area contributed by atoms with Gasteiger partial charge in [0.1, 0.15) is 0 Å². The summed E-state index contributed by atoms with van der Waals surface area (Å²) in [6, 6.07) is 5.06. The largest absolute Gasteiger partial charge is 0.466 e. The van der Waals surface area contributed by atoms with E-state index in [9.17, 15) is 14.4 Å². The Bertz CT molecular complexity index is 554. The number of nitrogens with one attached hydrogen (secondary N) is 2. The molecule has 0 aliphatic carbocycles. The molecule has 6 nitrogen and oxygen atoms in total. The molecule has 106 valence electrons. The van der Waals surface area contributed by atoms with E-state index in [1.807, 2.05) is 0 Å². The average Bonchev–Trinajstić information content (AvgIpc) is 2.77. The van der Waals surface area contributed by atoms with E-state index in [1.54, 1.807) is 25.1 Å². The normalized spacial score (nSPS) is 12.6. The summed E-state index contributed by atoms with van der Waals surface area (Å²) in [5.74, 6) is -0.688. The van der Waals surface area contributed by atoms with Gasteiger partial charge in [-0.2, -0.15) is 0 Å². The predicted molar refractivity (Wildman–Crippen MR) is 72.4 cm³/mol. The minimum Gasteiger partial charge on any atom is -0.466 e. The highest BCUT2D eigenvalue weighted by Crippen LogP contribution is 2.23. The number of ether oxygens (including phenoxy) is 1. The van der Waals surface area contributed by atoms with Gasteiger partial charge in [-0.1, -0.05) is 6.07 Å². The van der Waals surface area contributed by atoms with Crippen LogP contribution in [0.2, 0.25) is 0 Å². The fourth-order valence-electron chi connectivity index (χ4n) is 1.97. The van der Waals surface area contributed by atoms with E-state index in [1.165, 1.54) is 0 Å². The van der Waals surface area contributed by atoms with Crippen LogP contribution < -0.4 is 10.6 Å². The smallest absolute Gasteiger partial charge is 0.307 e. The summed E-state index contributed by atoms with van der Waals surface area (Å²) in [5.41, 5.74) is 2.01. The maximum atomic E-state index is 11.9. The lowest BCUT2D eigenvalue weighted by atomic mass is 10.1. The molecule has 6 heteroatoms. The van der Waals surface area contributed by atoms with Crippen LogP contribution in [0.5, 0.6) is 0 Å². The fraction of sp³-hybridized carbons (Fsp3) is 0.357. The third kappa shape index (κ3) is 3.34. The number of amides is 2. The van der Waals surface area contributed by atoms with Crippen molar-refractivity contribution in [1.29, 1.82) is 0 Å². The number of carbonyl (C=O) groups excluding carboxylic acids is 3. The maximum absolute atomic E-state index is 11.9. The van der Waals surface area contributed by atoms with Crippen molar-refractivity contribution in [1.82, 2.24) is 5.32 Å². The van der Waals surface area contributed by atoms with E-state index in [4.69, 9.17) is 4.74 Å². The highest BCUT2D eigenvalue weighted by atomic mass is 16.5. The van der Waals surface area contributed by atoms with Crippen LogP contribution in [-0.4, -0.2) is 30.9 Å². The summed E-state index contributed by atoms with van der Waals surface area (Å²) in [6.45, 7) is 2.29. The summed E-state index contributed by atoms with van der Waals surface area (Å²) >= 11 is 0. The van der Waals surface area contributed by atoms with Crippen LogP contribution in [-0.2, 0) is 20.7 Å². The lowest BCUT2D eigenvalue weighted by Gasteiger charge is -2.06.